The van der Waals surface area contributed by atoms with Crippen molar-refractivity contribution >= 4 is 11.9 Å². The molecule has 1 aromatic heterocycles. The number of pyridine rings is 1. The number of methoxy groups -OCH3 is 1. The molecule has 0 fully saturated rings. The molecular formula is C24H25F3N2OS. The topological polar surface area (TPSA) is 34.1 Å². The van der Waals surface area contributed by atoms with E-state index in [2.05, 4.69) is 16.6 Å². The van der Waals surface area contributed by atoms with E-state index in [9.17, 15) is 13.2 Å². The summed E-state index contributed by atoms with van der Waals surface area (Å²) in [7, 11) is 1.60. The van der Waals surface area contributed by atoms with Gasteiger partial charge in [-0.05, 0) is 90.9 Å². The number of aromatic nitrogens is 1. The number of alkyl halides is 3. The van der Waals surface area contributed by atoms with Crippen molar-refractivity contribution < 1.29 is 17.9 Å². The molecule has 0 aliphatic heterocycles. The molecule has 0 amide bonds. The summed E-state index contributed by atoms with van der Waals surface area (Å²) in [6.07, 6.45) is 0.0284. The van der Waals surface area contributed by atoms with Crippen LogP contribution in [0.2, 0.25) is 0 Å². The number of ether oxygens (including phenoxy) is 1. The van der Waals surface area contributed by atoms with Crippen molar-refractivity contribution in [2.24, 2.45) is 0 Å². The number of rotatable bonds is 7. The van der Waals surface area contributed by atoms with E-state index in [1.54, 1.807) is 19.4 Å². The summed E-state index contributed by atoms with van der Waals surface area (Å²) in [6, 6.07) is 13.4. The second-order valence-corrected chi connectivity index (χ2v) is 8.51. The standard InChI is InChI=1S/C24H25F3N2OS/c1-5-16-15-28-11-10-20(16)17-12-18(14-19(13-17)30-4)23(2,3)29-31-22-9-7-6-8-21(22)24(25,26)27/h6-15,29H,5H2,1-4H3. The van der Waals surface area contributed by atoms with Gasteiger partial charge in [-0.25, -0.2) is 4.72 Å². The lowest BCUT2D eigenvalue weighted by Gasteiger charge is -2.28. The molecule has 3 aromatic rings. The van der Waals surface area contributed by atoms with Gasteiger partial charge >= 0.3 is 6.18 Å². The van der Waals surface area contributed by atoms with E-state index in [4.69, 9.17) is 4.74 Å². The highest BCUT2D eigenvalue weighted by molar-refractivity contribution is 7.97. The largest absolute Gasteiger partial charge is 0.497 e. The summed E-state index contributed by atoms with van der Waals surface area (Å²) in [5.74, 6) is 0.682. The van der Waals surface area contributed by atoms with Crippen LogP contribution in [-0.4, -0.2) is 12.1 Å². The lowest BCUT2D eigenvalue weighted by molar-refractivity contribution is -0.139. The molecule has 0 saturated heterocycles. The summed E-state index contributed by atoms with van der Waals surface area (Å²) in [4.78, 5) is 4.34. The SMILES string of the molecule is CCc1cnccc1-c1cc(OC)cc(C(C)(C)NSc2ccccc2C(F)(F)F)c1. The zero-order valence-electron chi connectivity index (χ0n) is 17.9. The van der Waals surface area contributed by atoms with Crippen molar-refractivity contribution in [3.05, 3.63) is 77.6 Å². The Morgan fingerprint density at radius 3 is 2.48 bits per heavy atom. The van der Waals surface area contributed by atoms with Gasteiger partial charge in [0, 0.05) is 22.8 Å². The van der Waals surface area contributed by atoms with E-state index in [1.807, 2.05) is 44.3 Å². The molecule has 0 aliphatic rings. The van der Waals surface area contributed by atoms with Crippen LogP contribution in [0, 0.1) is 0 Å². The Hall–Kier alpha value is -2.51. The molecule has 0 spiro atoms. The monoisotopic (exact) mass is 446 g/mol. The fourth-order valence-corrected chi connectivity index (χ4v) is 4.18. The lowest BCUT2D eigenvalue weighted by atomic mass is 9.90. The average Bonchev–Trinajstić information content (AvgIpc) is 2.77. The Morgan fingerprint density at radius 1 is 1.06 bits per heavy atom. The van der Waals surface area contributed by atoms with Crippen molar-refractivity contribution in [1.82, 2.24) is 9.71 Å². The summed E-state index contributed by atoms with van der Waals surface area (Å²) in [5, 5.41) is 0. The van der Waals surface area contributed by atoms with Crippen LogP contribution in [0.15, 0.2) is 65.8 Å². The predicted octanol–water partition coefficient (Wildman–Crippen LogP) is 6.87. The summed E-state index contributed by atoms with van der Waals surface area (Å²) >= 11 is 0.978. The molecule has 0 radical (unpaired) electrons. The zero-order chi connectivity index (χ0) is 22.6. The first-order valence-electron chi connectivity index (χ1n) is 9.88. The number of nitrogens with zero attached hydrogens (tertiary/aromatic N) is 1. The van der Waals surface area contributed by atoms with Crippen molar-refractivity contribution in [2.45, 2.75) is 43.8 Å². The summed E-state index contributed by atoms with van der Waals surface area (Å²) in [5.41, 5.74) is 2.76. The van der Waals surface area contributed by atoms with Crippen LogP contribution in [-0.2, 0) is 18.1 Å². The number of nitrogens with one attached hydrogen (secondary N) is 1. The van der Waals surface area contributed by atoms with Crippen LogP contribution in [0.1, 0.15) is 37.5 Å². The third-order valence-electron chi connectivity index (χ3n) is 5.07. The zero-order valence-corrected chi connectivity index (χ0v) is 18.7. The highest BCUT2D eigenvalue weighted by Gasteiger charge is 2.34. The molecule has 0 atom stereocenters. The summed E-state index contributed by atoms with van der Waals surface area (Å²) in [6.45, 7) is 5.94. The van der Waals surface area contributed by atoms with E-state index in [-0.39, 0.29) is 4.90 Å². The maximum absolute atomic E-state index is 13.3. The Balaban J connectivity index is 1.95. The van der Waals surface area contributed by atoms with Gasteiger partial charge in [-0.3, -0.25) is 4.98 Å². The third kappa shape index (κ3) is 5.40. The normalized spacial score (nSPS) is 12.1. The van der Waals surface area contributed by atoms with Crippen molar-refractivity contribution in [3.8, 4) is 16.9 Å². The molecule has 1 N–H and O–H groups in total. The number of benzene rings is 2. The maximum atomic E-state index is 13.3. The first kappa shape index (κ1) is 23.2. The van der Waals surface area contributed by atoms with E-state index in [1.165, 1.54) is 12.1 Å². The van der Waals surface area contributed by atoms with Gasteiger partial charge in [0.15, 0.2) is 0 Å². The van der Waals surface area contributed by atoms with Gasteiger partial charge in [-0.15, -0.1) is 0 Å². The quantitative estimate of drug-likeness (QED) is 0.402. The molecule has 0 aliphatic carbocycles. The van der Waals surface area contributed by atoms with Crippen LogP contribution >= 0.6 is 11.9 Å². The molecule has 31 heavy (non-hydrogen) atoms. The van der Waals surface area contributed by atoms with Crippen LogP contribution < -0.4 is 9.46 Å². The minimum atomic E-state index is -4.41. The van der Waals surface area contributed by atoms with Gasteiger partial charge in [0.05, 0.1) is 12.7 Å². The minimum absolute atomic E-state index is 0.133. The molecule has 3 nitrogen and oxygen atoms in total. The maximum Gasteiger partial charge on any atom is 0.417 e. The Bertz CT molecular complexity index is 1050. The predicted molar refractivity (Wildman–Crippen MR) is 119 cm³/mol. The van der Waals surface area contributed by atoms with E-state index in [0.29, 0.717) is 5.75 Å². The molecular weight excluding hydrogens is 421 g/mol. The lowest BCUT2D eigenvalue weighted by Crippen LogP contribution is -2.31. The van der Waals surface area contributed by atoms with Gasteiger partial charge in [0.25, 0.3) is 0 Å². The van der Waals surface area contributed by atoms with E-state index in [0.717, 1.165) is 46.7 Å². The van der Waals surface area contributed by atoms with Crippen LogP contribution in [0.4, 0.5) is 13.2 Å². The fraction of sp³-hybridized carbons (Fsp3) is 0.292. The molecule has 7 heteroatoms. The Morgan fingerprint density at radius 2 is 1.81 bits per heavy atom. The van der Waals surface area contributed by atoms with Gasteiger partial charge in [-0.1, -0.05) is 19.1 Å². The molecule has 2 aromatic carbocycles. The Labute approximate surface area is 185 Å². The van der Waals surface area contributed by atoms with E-state index >= 15 is 0 Å². The number of hydrogen-bond donors (Lipinski definition) is 1. The Kier molecular flexibility index (Phi) is 6.96. The van der Waals surface area contributed by atoms with Gasteiger partial charge in [0.1, 0.15) is 5.75 Å². The fourth-order valence-electron chi connectivity index (χ4n) is 3.26. The van der Waals surface area contributed by atoms with Crippen molar-refractivity contribution in [3.63, 3.8) is 0 Å². The van der Waals surface area contributed by atoms with Gasteiger partial charge < -0.3 is 4.74 Å². The first-order chi connectivity index (χ1) is 14.7. The average molecular weight is 447 g/mol. The molecule has 3 rings (SSSR count). The van der Waals surface area contributed by atoms with Crippen LogP contribution in [0.3, 0.4) is 0 Å². The molecule has 0 bridgehead atoms. The van der Waals surface area contributed by atoms with Crippen LogP contribution in [0.25, 0.3) is 11.1 Å². The minimum Gasteiger partial charge on any atom is -0.497 e. The van der Waals surface area contributed by atoms with Crippen molar-refractivity contribution in [2.75, 3.05) is 7.11 Å². The smallest absolute Gasteiger partial charge is 0.417 e. The number of halogens is 3. The second-order valence-electron chi connectivity index (χ2n) is 7.66. The van der Waals surface area contributed by atoms with Gasteiger partial charge in [-0.2, -0.15) is 13.2 Å². The van der Waals surface area contributed by atoms with Crippen molar-refractivity contribution in [1.29, 1.82) is 0 Å². The van der Waals surface area contributed by atoms with Crippen LogP contribution in [0.5, 0.6) is 5.75 Å². The molecule has 0 saturated carbocycles. The second kappa shape index (κ2) is 9.32. The summed E-state index contributed by atoms with van der Waals surface area (Å²) < 4.78 is 48.7. The number of aryl methyl sites for hydroxylation is 1. The highest BCUT2D eigenvalue weighted by Crippen LogP contribution is 2.38. The third-order valence-corrected chi connectivity index (χ3v) is 6.26. The molecule has 164 valence electrons. The number of hydrogen-bond acceptors (Lipinski definition) is 4. The molecule has 0 unspecified atom stereocenters. The first-order valence-corrected chi connectivity index (χ1v) is 10.7. The highest BCUT2D eigenvalue weighted by atomic mass is 32.2. The van der Waals surface area contributed by atoms with Gasteiger partial charge in [0.2, 0.25) is 0 Å². The van der Waals surface area contributed by atoms with E-state index < -0.39 is 17.3 Å². The molecule has 1 heterocycles.